The number of carbonyl (C=O) groups is 1. The maximum Gasteiger partial charge on any atom is 0.256 e. The molecule has 2 aromatic carbocycles. The molecule has 3 heterocycles. The zero-order chi connectivity index (χ0) is 23.8. The molecule has 34 heavy (non-hydrogen) atoms. The Morgan fingerprint density at radius 3 is 2.76 bits per heavy atom. The molecular weight excluding hydrogens is 439 g/mol. The lowest BCUT2D eigenvalue weighted by atomic mass is 10.1. The highest BCUT2D eigenvalue weighted by molar-refractivity contribution is 5.98. The van der Waals surface area contributed by atoms with Gasteiger partial charge in [-0.1, -0.05) is 17.3 Å². The molecule has 5 rings (SSSR count). The highest BCUT2D eigenvalue weighted by Gasteiger charge is 2.36. The minimum Gasteiger partial charge on any atom is -0.496 e. The number of nitrogens with zero attached hydrogens (tertiary/aromatic N) is 6. The van der Waals surface area contributed by atoms with Crippen molar-refractivity contribution in [3.05, 3.63) is 71.1 Å². The molecule has 0 bridgehead atoms. The van der Waals surface area contributed by atoms with E-state index in [9.17, 15) is 9.18 Å². The van der Waals surface area contributed by atoms with Crippen LogP contribution in [0.5, 0.6) is 5.75 Å². The Bertz CT molecular complexity index is 1350. The van der Waals surface area contributed by atoms with Crippen LogP contribution in [-0.2, 0) is 0 Å². The zero-order valence-electron chi connectivity index (χ0n) is 19.0. The molecule has 10 heteroatoms. The molecule has 1 fully saturated rings. The molecule has 4 aromatic rings. The Kier molecular flexibility index (Phi) is 5.56. The molecule has 0 N–H and O–H groups in total. The SMILES string of the molecule is COc1cc(C(=O)N2CCCC2c2nc(-c3cccc(F)c3C)no2)c(-n2nccn2)cc1C. The van der Waals surface area contributed by atoms with Gasteiger partial charge in [0.1, 0.15) is 17.6 Å². The summed E-state index contributed by atoms with van der Waals surface area (Å²) in [7, 11) is 1.56. The molecule has 174 valence electrons. The van der Waals surface area contributed by atoms with E-state index in [1.807, 2.05) is 13.0 Å². The highest BCUT2D eigenvalue weighted by atomic mass is 19.1. The van der Waals surface area contributed by atoms with Crippen molar-refractivity contribution in [1.29, 1.82) is 0 Å². The number of hydrogen-bond donors (Lipinski definition) is 0. The van der Waals surface area contributed by atoms with E-state index in [1.165, 1.54) is 10.9 Å². The van der Waals surface area contributed by atoms with E-state index in [4.69, 9.17) is 9.26 Å². The van der Waals surface area contributed by atoms with Gasteiger partial charge in [0, 0.05) is 12.1 Å². The number of likely N-dealkylation sites (tertiary alicyclic amines) is 1. The molecule has 1 amide bonds. The van der Waals surface area contributed by atoms with Crippen molar-refractivity contribution < 1.29 is 18.4 Å². The molecule has 1 aliphatic heterocycles. The third kappa shape index (κ3) is 3.70. The van der Waals surface area contributed by atoms with Gasteiger partial charge in [0.25, 0.3) is 5.91 Å². The molecule has 1 saturated heterocycles. The number of benzene rings is 2. The van der Waals surface area contributed by atoms with Crippen LogP contribution in [0.3, 0.4) is 0 Å². The largest absolute Gasteiger partial charge is 0.496 e. The normalized spacial score (nSPS) is 15.6. The molecule has 1 atom stereocenters. The fourth-order valence-corrected chi connectivity index (χ4v) is 4.32. The lowest BCUT2D eigenvalue weighted by molar-refractivity contribution is 0.0709. The first kappa shape index (κ1) is 21.7. The Hall–Kier alpha value is -4.08. The summed E-state index contributed by atoms with van der Waals surface area (Å²) in [6.45, 7) is 4.09. The van der Waals surface area contributed by atoms with Crippen LogP contribution in [0, 0.1) is 19.7 Å². The molecule has 2 aromatic heterocycles. The number of aryl methyl sites for hydroxylation is 1. The van der Waals surface area contributed by atoms with E-state index in [2.05, 4.69) is 20.3 Å². The maximum atomic E-state index is 14.0. The van der Waals surface area contributed by atoms with Gasteiger partial charge in [-0.3, -0.25) is 4.79 Å². The topological polar surface area (TPSA) is 99.2 Å². The van der Waals surface area contributed by atoms with Crippen LogP contribution < -0.4 is 4.74 Å². The van der Waals surface area contributed by atoms with Crippen molar-refractivity contribution in [3.63, 3.8) is 0 Å². The summed E-state index contributed by atoms with van der Waals surface area (Å²) < 4.78 is 25.0. The Morgan fingerprint density at radius 2 is 2.00 bits per heavy atom. The van der Waals surface area contributed by atoms with E-state index in [0.717, 1.165) is 12.0 Å². The second-order valence-corrected chi connectivity index (χ2v) is 8.18. The summed E-state index contributed by atoms with van der Waals surface area (Å²) in [5, 5.41) is 12.5. The summed E-state index contributed by atoms with van der Waals surface area (Å²) in [6.07, 6.45) is 4.57. The van der Waals surface area contributed by atoms with Crippen LogP contribution in [0.2, 0.25) is 0 Å². The van der Waals surface area contributed by atoms with Gasteiger partial charge in [0.15, 0.2) is 0 Å². The fraction of sp³-hybridized carbons (Fsp3) is 0.292. The summed E-state index contributed by atoms with van der Waals surface area (Å²) in [6, 6.07) is 7.88. The van der Waals surface area contributed by atoms with E-state index < -0.39 is 6.04 Å². The number of halogens is 1. The van der Waals surface area contributed by atoms with Crippen molar-refractivity contribution in [3.8, 4) is 22.8 Å². The van der Waals surface area contributed by atoms with E-state index in [0.29, 0.717) is 52.8 Å². The van der Waals surface area contributed by atoms with Gasteiger partial charge in [0.05, 0.1) is 30.8 Å². The highest BCUT2D eigenvalue weighted by Crippen LogP contribution is 2.35. The second kappa shape index (κ2) is 8.69. The third-order valence-corrected chi connectivity index (χ3v) is 6.13. The van der Waals surface area contributed by atoms with Crippen LogP contribution in [-0.4, -0.2) is 49.6 Å². The standard InChI is InChI=1S/C24H23FN6O3/c1-14-12-20(31-26-9-10-27-31)17(13-21(14)33-3)24(32)30-11-5-8-19(30)23-28-22(29-34-23)16-6-4-7-18(25)15(16)2/h4,6-7,9-10,12-13,19H,5,8,11H2,1-3H3. The van der Waals surface area contributed by atoms with Gasteiger partial charge >= 0.3 is 0 Å². The average Bonchev–Trinajstić information content (AvgIpc) is 3.61. The van der Waals surface area contributed by atoms with E-state index in [-0.39, 0.29) is 11.7 Å². The molecule has 0 aliphatic carbocycles. The first-order valence-corrected chi connectivity index (χ1v) is 10.9. The van der Waals surface area contributed by atoms with Crippen LogP contribution in [0.25, 0.3) is 17.1 Å². The quantitative estimate of drug-likeness (QED) is 0.441. The van der Waals surface area contributed by atoms with Crippen molar-refractivity contribution in [1.82, 2.24) is 30.0 Å². The Balaban J connectivity index is 1.50. The molecular formula is C24H23FN6O3. The van der Waals surface area contributed by atoms with Gasteiger partial charge in [-0.2, -0.15) is 20.0 Å². The molecule has 1 unspecified atom stereocenters. The summed E-state index contributed by atoms with van der Waals surface area (Å²) in [5.41, 5.74) is 2.82. The van der Waals surface area contributed by atoms with Crippen molar-refractivity contribution in [2.45, 2.75) is 32.7 Å². The number of rotatable bonds is 5. The number of methoxy groups -OCH3 is 1. The predicted octanol–water partition coefficient (Wildman–Crippen LogP) is 4.06. The number of aromatic nitrogens is 5. The zero-order valence-corrected chi connectivity index (χ0v) is 19.0. The Labute approximate surface area is 195 Å². The Morgan fingerprint density at radius 1 is 1.21 bits per heavy atom. The first-order chi connectivity index (χ1) is 16.5. The summed E-state index contributed by atoms with van der Waals surface area (Å²) >= 11 is 0. The molecule has 1 aliphatic rings. The van der Waals surface area contributed by atoms with Gasteiger partial charge in [-0.15, -0.1) is 0 Å². The van der Waals surface area contributed by atoms with Crippen LogP contribution >= 0.6 is 0 Å². The minimum atomic E-state index is -0.395. The number of carbonyl (C=O) groups excluding carboxylic acids is 1. The minimum absolute atomic E-state index is 0.213. The molecule has 0 radical (unpaired) electrons. The van der Waals surface area contributed by atoms with Gasteiger partial charge in [-0.25, -0.2) is 4.39 Å². The summed E-state index contributed by atoms with van der Waals surface area (Å²) in [4.78, 5) is 21.4. The molecule has 0 saturated carbocycles. The fourth-order valence-electron chi connectivity index (χ4n) is 4.32. The second-order valence-electron chi connectivity index (χ2n) is 8.18. The van der Waals surface area contributed by atoms with Crippen molar-refractivity contribution >= 4 is 5.91 Å². The van der Waals surface area contributed by atoms with Gasteiger partial charge in [0.2, 0.25) is 11.7 Å². The predicted molar refractivity (Wildman–Crippen MR) is 120 cm³/mol. The van der Waals surface area contributed by atoms with Crippen LogP contribution in [0.4, 0.5) is 4.39 Å². The lowest BCUT2D eigenvalue weighted by Gasteiger charge is -2.23. The first-order valence-electron chi connectivity index (χ1n) is 10.9. The van der Waals surface area contributed by atoms with E-state index >= 15 is 0 Å². The van der Waals surface area contributed by atoms with Gasteiger partial charge < -0.3 is 14.2 Å². The van der Waals surface area contributed by atoms with Crippen LogP contribution in [0.1, 0.15) is 46.3 Å². The van der Waals surface area contributed by atoms with E-state index in [1.54, 1.807) is 49.5 Å². The summed E-state index contributed by atoms with van der Waals surface area (Å²) in [5.74, 6) is 0.660. The maximum absolute atomic E-state index is 14.0. The lowest BCUT2D eigenvalue weighted by Crippen LogP contribution is -2.31. The third-order valence-electron chi connectivity index (χ3n) is 6.13. The van der Waals surface area contributed by atoms with Crippen molar-refractivity contribution in [2.75, 3.05) is 13.7 Å². The number of ether oxygens (including phenoxy) is 1. The molecule has 0 spiro atoms. The smallest absolute Gasteiger partial charge is 0.256 e. The average molecular weight is 462 g/mol. The van der Waals surface area contributed by atoms with Crippen molar-refractivity contribution in [2.24, 2.45) is 0 Å². The monoisotopic (exact) mass is 462 g/mol. The number of amides is 1. The van der Waals surface area contributed by atoms with Gasteiger partial charge in [-0.05, 0) is 56.0 Å². The van der Waals surface area contributed by atoms with Crippen LogP contribution in [0.15, 0.2) is 47.2 Å². The number of hydrogen-bond acceptors (Lipinski definition) is 7. The molecule has 9 nitrogen and oxygen atoms in total.